The van der Waals surface area contributed by atoms with Crippen LogP contribution in [0.5, 0.6) is 5.75 Å². The summed E-state index contributed by atoms with van der Waals surface area (Å²) < 4.78 is 19.6. The lowest BCUT2D eigenvalue weighted by atomic mass is 9.92. The van der Waals surface area contributed by atoms with Crippen LogP contribution >= 0.6 is 11.6 Å². The zero-order chi connectivity index (χ0) is 18.4. The molecule has 7 heteroatoms. The molecule has 0 radical (unpaired) electrons. The molecule has 0 fully saturated rings. The molecule has 5 nitrogen and oxygen atoms in total. The Labute approximate surface area is 154 Å². The molecular formula is C19H16ClFN2O3. The smallest absolute Gasteiger partial charge is 0.261 e. The van der Waals surface area contributed by atoms with Gasteiger partial charge in [-0.1, -0.05) is 23.7 Å². The highest BCUT2D eigenvalue weighted by Crippen LogP contribution is 2.39. The molecule has 1 atom stereocenters. The van der Waals surface area contributed by atoms with Crippen molar-refractivity contribution in [1.82, 2.24) is 10.2 Å². The Bertz CT molecular complexity index is 876. The van der Waals surface area contributed by atoms with Crippen molar-refractivity contribution in [1.29, 1.82) is 0 Å². The van der Waals surface area contributed by atoms with Crippen molar-refractivity contribution in [3.63, 3.8) is 0 Å². The average molecular weight is 375 g/mol. The number of halogens is 2. The van der Waals surface area contributed by atoms with Gasteiger partial charge in [0, 0.05) is 17.1 Å². The summed E-state index contributed by atoms with van der Waals surface area (Å²) in [5.74, 6) is -1.16. The van der Waals surface area contributed by atoms with Gasteiger partial charge in [-0.25, -0.2) is 4.39 Å². The minimum atomic E-state index is -0.563. The molecule has 0 bridgehead atoms. The van der Waals surface area contributed by atoms with Gasteiger partial charge < -0.3 is 10.1 Å². The van der Waals surface area contributed by atoms with E-state index >= 15 is 0 Å². The van der Waals surface area contributed by atoms with Crippen LogP contribution in [0.2, 0.25) is 5.02 Å². The monoisotopic (exact) mass is 374 g/mol. The Morgan fingerprint density at radius 2 is 1.92 bits per heavy atom. The molecule has 2 aliphatic heterocycles. The first-order valence-corrected chi connectivity index (χ1v) is 8.64. The molecule has 2 aromatic carbocycles. The minimum absolute atomic E-state index is 0.0789. The van der Waals surface area contributed by atoms with Crippen LogP contribution in [0.1, 0.15) is 37.9 Å². The Balaban J connectivity index is 1.72. The van der Waals surface area contributed by atoms with Crippen LogP contribution in [0.4, 0.5) is 4.39 Å². The molecule has 2 heterocycles. The Kier molecular flexibility index (Phi) is 4.17. The zero-order valence-corrected chi connectivity index (χ0v) is 14.8. The van der Waals surface area contributed by atoms with E-state index in [1.54, 1.807) is 24.3 Å². The largest absolute Gasteiger partial charge is 0.493 e. The first kappa shape index (κ1) is 17.0. The third-order valence-electron chi connectivity index (χ3n) is 4.89. The van der Waals surface area contributed by atoms with Crippen molar-refractivity contribution >= 4 is 23.4 Å². The molecular weight excluding hydrogens is 359 g/mol. The number of hydrogen-bond donors (Lipinski definition) is 1. The Hall–Kier alpha value is -2.44. The van der Waals surface area contributed by atoms with Gasteiger partial charge in [0.25, 0.3) is 11.8 Å². The Morgan fingerprint density at radius 1 is 1.27 bits per heavy atom. The van der Waals surface area contributed by atoms with Crippen LogP contribution in [-0.2, 0) is 6.42 Å². The molecule has 0 aromatic heterocycles. The lowest BCUT2D eigenvalue weighted by molar-refractivity contribution is 0.0636. The number of carbonyl (C=O) groups is 2. The van der Waals surface area contributed by atoms with Gasteiger partial charge in [0.15, 0.2) is 11.6 Å². The van der Waals surface area contributed by atoms with Crippen LogP contribution in [0, 0.1) is 5.82 Å². The lowest BCUT2D eigenvalue weighted by Crippen LogP contribution is -2.41. The third kappa shape index (κ3) is 2.48. The van der Waals surface area contributed by atoms with Crippen LogP contribution in [0.25, 0.3) is 0 Å². The number of hydrogen-bond acceptors (Lipinski definition) is 4. The summed E-state index contributed by atoms with van der Waals surface area (Å²) in [6.07, 6.45) is 0.615. The van der Waals surface area contributed by atoms with E-state index in [-0.39, 0.29) is 24.1 Å². The summed E-state index contributed by atoms with van der Waals surface area (Å²) in [5.41, 5.74) is 2.13. The summed E-state index contributed by atoms with van der Waals surface area (Å²) in [4.78, 5) is 26.4. The fourth-order valence-electron chi connectivity index (χ4n) is 3.71. The highest BCUT2D eigenvalue weighted by Gasteiger charge is 2.38. The van der Waals surface area contributed by atoms with Crippen LogP contribution in [-0.4, -0.2) is 36.9 Å². The zero-order valence-electron chi connectivity index (χ0n) is 14.0. The van der Waals surface area contributed by atoms with E-state index in [9.17, 15) is 14.0 Å². The van der Waals surface area contributed by atoms with Gasteiger partial charge >= 0.3 is 0 Å². The summed E-state index contributed by atoms with van der Waals surface area (Å²) in [7, 11) is 1.39. The van der Waals surface area contributed by atoms with Crippen molar-refractivity contribution in [3.8, 4) is 5.75 Å². The Morgan fingerprint density at radius 3 is 2.54 bits per heavy atom. The number of ether oxygens (including phenoxy) is 1. The van der Waals surface area contributed by atoms with Crippen molar-refractivity contribution in [2.45, 2.75) is 12.5 Å². The number of benzene rings is 2. The second kappa shape index (κ2) is 6.37. The van der Waals surface area contributed by atoms with E-state index in [0.717, 1.165) is 5.56 Å². The highest BCUT2D eigenvalue weighted by molar-refractivity contribution is 6.31. The molecule has 1 unspecified atom stereocenters. The molecule has 0 aliphatic carbocycles. The van der Waals surface area contributed by atoms with Crippen molar-refractivity contribution in [2.24, 2.45) is 0 Å². The molecule has 134 valence electrons. The molecule has 0 saturated heterocycles. The van der Waals surface area contributed by atoms with E-state index in [2.05, 4.69) is 5.32 Å². The van der Waals surface area contributed by atoms with Crippen molar-refractivity contribution < 1.29 is 18.7 Å². The van der Waals surface area contributed by atoms with E-state index in [0.29, 0.717) is 34.7 Å². The summed E-state index contributed by atoms with van der Waals surface area (Å²) in [6.45, 7) is 0.685. The number of nitrogens with zero attached hydrogens (tertiary/aromatic N) is 1. The first-order chi connectivity index (χ1) is 12.5. The normalized spacial score (nSPS) is 18.7. The van der Waals surface area contributed by atoms with E-state index < -0.39 is 11.9 Å². The third-order valence-corrected chi connectivity index (χ3v) is 5.23. The SMILES string of the molecule is COc1c(F)cc(Cl)c2c1C(CN1C(=O)c3ccccc3C1=O)NCC2. The molecule has 2 aliphatic rings. The molecule has 26 heavy (non-hydrogen) atoms. The van der Waals surface area contributed by atoms with Gasteiger partial charge in [-0.2, -0.15) is 0 Å². The van der Waals surface area contributed by atoms with Crippen LogP contribution in [0.15, 0.2) is 30.3 Å². The topological polar surface area (TPSA) is 58.6 Å². The highest BCUT2D eigenvalue weighted by atomic mass is 35.5. The molecule has 1 N–H and O–H groups in total. The number of rotatable bonds is 3. The number of carbonyl (C=O) groups excluding carboxylic acids is 2. The van der Waals surface area contributed by atoms with Gasteiger partial charge in [0.2, 0.25) is 0 Å². The maximum atomic E-state index is 14.3. The fraction of sp³-hybridized carbons (Fsp3) is 0.263. The molecule has 0 spiro atoms. The number of nitrogens with one attached hydrogen (secondary N) is 1. The van der Waals surface area contributed by atoms with Gasteiger partial charge in [-0.15, -0.1) is 0 Å². The van der Waals surface area contributed by atoms with E-state index in [1.807, 2.05) is 0 Å². The standard InChI is InChI=1S/C19H16ClFN2O3/c1-26-17-14(21)8-13(20)12-6-7-22-15(16(12)17)9-23-18(24)10-4-2-3-5-11(10)19(23)25/h2-5,8,15,22H,6-7,9H2,1H3. The fourth-order valence-corrected chi connectivity index (χ4v) is 4.00. The summed E-state index contributed by atoms with van der Waals surface area (Å²) in [5, 5.41) is 3.57. The predicted octanol–water partition coefficient (Wildman–Crippen LogP) is 2.97. The molecule has 2 amide bonds. The molecule has 4 rings (SSSR count). The van der Waals surface area contributed by atoms with Gasteiger partial charge in [0.05, 0.1) is 24.3 Å². The van der Waals surface area contributed by atoms with E-state index in [4.69, 9.17) is 16.3 Å². The number of imide groups is 1. The van der Waals surface area contributed by atoms with E-state index in [1.165, 1.54) is 18.1 Å². The summed E-state index contributed by atoms with van der Waals surface area (Å²) in [6, 6.07) is 7.50. The number of fused-ring (bicyclic) bond motifs is 2. The van der Waals surface area contributed by atoms with Crippen molar-refractivity contribution in [3.05, 3.63) is 63.4 Å². The quantitative estimate of drug-likeness (QED) is 0.839. The number of methoxy groups -OCH3 is 1. The maximum Gasteiger partial charge on any atom is 0.261 e. The van der Waals surface area contributed by atoms with Gasteiger partial charge in [0.1, 0.15) is 0 Å². The lowest BCUT2D eigenvalue weighted by Gasteiger charge is -2.31. The summed E-state index contributed by atoms with van der Waals surface area (Å²) >= 11 is 6.22. The second-order valence-corrected chi connectivity index (χ2v) is 6.70. The second-order valence-electron chi connectivity index (χ2n) is 6.29. The first-order valence-electron chi connectivity index (χ1n) is 8.26. The van der Waals surface area contributed by atoms with Crippen molar-refractivity contribution in [2.75, 3.05) is 20.2 Å². The minimum Gasteiger partial charge on any atom is -0.493 e. The van der Waals surface area contributed by atoms with Gasteiger partial charge in [-0.3, -0.25) is 14.5 Å². The average Bonchev–Trinajstić information content (AvgIpc) is 2.88. The van der Waals surface area contributed by atoms with Gasteiger partial charge in [-0.05, 0) is 36.7 Å². The van der Waals surface area contributed by atoms with Crippen LogP contribution < -0.4 is 10.1 Å². The number of amides is 2. The maximum absolute atomic E-state index is 14.3. The predicted molar refractivity (Wildman–Crippen MR) is 94.2 cm³/mol. The molecule has 0 saturated carbocycles. The van der Waals surface area contributed by atoms with Crippen LogP contribution in [0.3, 0.4) is 0 Å². The molecule has 2 aromatic rings.